The van der Waals surface area contributed by atoms with Gasteiger partial charge in [-0.3, -0.25) is 9.58 Å². The molecule has 3 nitrogen and oxygen atoms in total. The molecular weight excluding hydrogens is 314 g/mol. The molecule has 20 heavy (non-hydrogen) atoms. The maximum Gasteiger partial charge on any atom is 0.0739 e. The first-order valence-corrected chi connectivity index (χ1v) is 8.50. The van der Waals surface area contributed by atoms with Gasteiger partial charge in [0.05, 0.1) is 15.9 Å². The molecule has 116 valence electrons. The van der Waals surface area contributed by atoms with Gasteiger partial charge in [-0.05, 0) is 60.6 Å². The minimum absolute atomic E-state index is 0.758. The third-order valence-corrected chi connectivity index (χ3v) is 4.71. The number of rotatable bonds is 8. The minimum Gasteiger partial charge on any atom is -0.297 e. The molecule has 0 bridgehead atoms. The van der Waals surface area contributed by atoms with E-state index in [1.165, 1.54) is 36.1 Å². The predicted octanol–water partition coefficient (Wildman–Crippen LogP) is 4.39. The largest absolute Gasteiger partial charge is 0.297 e. The van der Waals surface area contributed by atoms with E-state index in [1.54, 1.807) is 0 Å². The second-order valence-corrected chi connectivity index (χ2v) is 7.40. The Morgan fingerprint density at radius 1 is 1.10 bits per heavy atom. The van der Waals surface area contributed by atoms with Crippen LogP contribution in [0, 0.1) is 18.8 Å². The van der Waals surface area contributed by atoms with Crippen LogP contribution in [0.4, 0.5) is 0 Å². The van der Waals surface area contributed by atoms with E-state index in [4.69, 9.17) is 0 Å². The molecule has 0 amide bonds. The standard InChI is InChI=1S/C16H30BrN3/c1-12(2)7-9-20(10-8-13(3)4)11-15-16(17)14(5)18-19(15)6/h12-13H,7-11H2,1-6H3. The Morgan fingerprint density at radius 2 is 1.60 bits per heavy atom. The van der Waals surface area contributed by atoms with Gasteiger partial charge in [-0.1, -0.05) is 27.7 Å². The first-order valence-electron chi connectivity index (χ1n) is 7.71. The SMILES string of the molecule is Cc1nn(C)c(CN(CCC(C)C)CCC(C)C)c1Br. The average Bonchev–Trinajstić information content (AvgIpc) is 2.58. The van der Waals surface area contributed by atoms with E-state index in [9.17, 15) is 0 Å². The Bertz CT molecular complexity index is 398. The predicted molar refractivity (Wildman–Crippen MR) is 89.8 cm³/mol. The highest BCUT2D eigenvalue weighted by Gasteiger charge is 2.15. The lowest BCUT2D eigenvalue weighted by Gasteiger charge is -2.24. The van der Waals surface area contributed by atoms with Gasteiger partial charge in [0.15, 0.2) is 0 Å². The van der Waals surface area contributed by atoms with Crippen molar-refractivity contribution in [2.75, 3.05) is 13.1 Å². The van der Waals surface area contributed by atoms with Crippen LogP contribution < -0.4 is 0 Å². The van der Waals surface area contributed by atoms with Crippen LogP contribution in [0.25, 0.3) is 0 Å². The number of aromatic nitrogens is 2. The Morgan fingerprint density at radius 3 is 1.95 bits per heavy atom. The van der Waals surface area contributed by atoms with Crippen molar-refractivity contribution < 1.29 is 0 Å². The molecule has 0 spiro atoms. The van der Waals surface area contributed by atoms with Crippen LogP contribution in [0.3, 0.4) is 0 Å². The van der Waals surface area contributed by atoms with Gasteiger partial charge in [0.2, 0.25) is 0 Å². The quantitative estimate of drug-likeness (QED) is 0.698. The first kappa shape index (κ1) is 17.7. The highest BCUT2D eigenvalue weighted by Crippen LogP contribution is 2.22. The fourth-order valence-corrected chi connectivity index (χ4v) is 2.68. The van der Waals surface area contributed by atoms with Crippen LogP contribution in [0.1, 0.15) is 51.9 Å². The fourth-order valence-electron chi connectivity index (χ4n) is 2.22. The maximum atomic E-state index is 4.50. The van der Waals surface area contributed by atoms with Gasteiger partial charge in [0.1, 0.15) is 0 Å². The average molecular weight is 344 g/mol. The zero-order valence-electron chi connectivity index (χ0n) is 13.9. The molecule has 1 aromatic rings. The van der Waals surface area contributed by atoms with Crippen LogP contribution >= 0.6 is 15.9 Å². The lowest BCUT2D eigenvalue weighted by molar-refractivity contribution is 0.230. The molecule has 1 heterocycles. The van der Waals surface area contributed by atoms with E-state index in [-0.39, 0.29) is 0 Å². The maximum absolute atomic E-state index is 4.50. The molecule has 0 fully saturated rings. The lowest BCUT2D eigenvalue weighted by Crippen LogP contribution is -2.28. The molecule has 0 saturated heterocycles. The fraction of sp³-hybridized carbons (Fsp3) is 0.812. The van der Waals surface area contributed by atoms with Crippen molar-refractivity contribution in [3.63, 3.8) is 0 Å². The van der Waals surface area contributed by atoms with Crippen molar-refractivity contribution in [2.24, 2.45) is 18.9 Å². The van der Waals surface area contributed by atoms with Crippen LogP contribution in [-0.4, -0.2) is 27.8 Å². The van der Waals surface area contributed by atoms with Crippen molar-refractivity contribution in [1.29, 1.82) is 0 Å². The third-order valence-electron chi connectivity index (χ3n) is 3.68. The summed E-state index contributed by atoms with van der Waals surface area (Å²) in [5, 5.41) is 4.50. The summed E-state index contributed by atoms with van der Waals surface area (Å²) in [4.78, 5) is 2.57. The molecule has 0 aromatic carbocycles. The van der Waals surface area contributed by atoms with Gasteiger partial charge in [0.25, 0.3) is 0 Å². The molecule has 0 radical (unpaired) electrons. The van der Waals surface area contributed by atoms with Crippen LogP contribution in [0.2, 0.25) is 0 Å². The Labute approximate surface area is 132 Å². The topological polar surface area (TPSA) is 21.1 Å². The van der Waals surface area contributed by atoms with E-state index in [0.29, 0.717) is 0 Å². The van der Waals surface area contributed by atoms with E-state index >= 15 is 0 Å². The van der Waals surface area contributed by atoms with Crippen LogP contribution in [0.5, 0.6) is 0 Å². The summed E-state index contributed by atoms with van der Waals surface area (Å²) in [5.41, 5.74) is 2.37. The summed E-state index contributed by atoms with van der Waals surface area (Å²) in [6.45, 7) is 14.6. The monoisotopic (exact) mass is 343 g/mol. The van der Waals surface area contributed by atoms with E-state index in [2.05, 4.69) is 60.5 Å². The lowest BCUT2D eigenvalue weighted by atomic mass is 10.1. The highest BCUT2D eigenvalue weighted by molar-refractivity contribution is 9.10. The van der Waals surface area contributed by atoms with Gasteiger partial charge < -0.3 is 0 Å². The molecule has 0 aliphatic rings. The summed E-state index contributed by atoms with van der Waals surface area (Å²) >= 11 is 3.68. The number of halogens is 1. The van der Waals surface area contributed by atoms with Crippen LogP contribution in [0.15, 0.2) is 4.47 Å². The molecule has 0 aliphatic heterocycles. The van der Waals surface area contributed by atoms with Gasteiger partial charge in [0, 0.05) is 13.6 Å². The van der Waals surface area contributed by atoms with Gasteiger partial charge in [-0.15, -0.1) is 0 Å². The van der Waals surface area contributed by atoms with Crippen molar-refractivity contribution in [3.05, 3.63) is 15.9 Å². The van der Waals surface area contributed by atoms with E-state index < -0.39 is 0 Å². The van der Waals surface area contributed by atoms with Crippen molar-refractivity contribution in [2.45, 2.75) is 54.0 Å². The Balaban J connectivity index is 2.71. The summed E-state index contributed by atoms with van der Waals surface area (Å²) in [6, 6.07) is 0. The minimum atomic E-state index is 0.758. The van der Waals surface area contributed by atoms with Gasteiger partial charge in [-0.25, -0.2) is 0 Å². The van der Waals surface area contributed by atoms with Crippen LogP contribution in [-0.2, 0) is 13.6 Å². The molecule has 0 atom stereocenters. The normalized spacial score (nSPS) is 12.1. The summed E-state index contributed by atoms with van der Waals surface area (Å²) in [7, 11) is 2.04. The van der Waals surface area contributed by atoms with Gasteiger partial charge >= 0.3 is 0 Å². The highest BCUT2D eigenvalue weighted by atomic mass is 79.9. The van der Waals surface area contributed by atoms with Crippen molar-refractivity contribution >= 4 is 15.9 Å². The molecule has 1 aromatic heterocycles. The second kappa shape index (κ2) is 8.18. The molecule has 1 rings (SSSR count). The first-order chi connectivity index (χ1) is 9.31. The zero-order valence-corrected chi connectivity index (χ0v) is 15.5. The molecule has 0 saturated carbocycles. The van der Waals surface area contributed by atoms with E-state index in [1.807, 2.05) is 11.7 Å². The molecule has 0 N–H and O–H groups in total. The smallest absolute Gasteiger partial charge is 0.0739 e. The molecular formula is C16H30BrN3. The molecule has 0 aliphatic carbocycles. The Hall–Kier alpha value is -0.350. The number of nitrogens with zero attached hydrogens (tertiary/aromatic N) is 3. The number of hydrogen-bond acceptors (Lipinski definition) is 2. The Kier molecular flexibility index (Phi) is 7.24. The third kappa shape index (κ3) is 5.57. The number of hydrogen-bond donors (Lipinski definition) is 0. The van der Waals surface area contributed by atoms with Crippen molar-refractivity contribution in [3.8, 4) is 0 Å². The number of aryl methyl sites for hydroxylation is 2. The summed E-state index contributed by atoms with van der Waals surface area (Å²) < 4.78 is 3.18. The van der Waals surface area contributed by atoms with E-state index in [0.717, 1.165) is 24.1 Å². The summed E-state index contributed by atoms with van der Waals surface area (Å²) in [5.74, 6) is 1.52. The van der Waals surface area contributed by atoms with Gasteiger partial charge in [-0.2, -0.15) is 5.10 Å². The summed E-state index contributed by atoms with van der Waals surface area (Å²) in [6.07, 6.45) is 2.51. The molecule has 4 heteroatoms. The second-order valence-electron chi connectivity index (χ2n) is 6.61. The zero-order chi connectivity index (χ0) is 15.3. The molecule has 0 unspecified atom stereocenters. The van der Waals surface area contributed by atoms with Crippen molar-refractivity contribution in [1.82, 2.24) is 14.7 Å².